The maximum Gasteiger partial charge on any atom is 0.409 e. The Bertz CT molecular complexity index is 756. The Labute approximate surface area is 208 Å². The molecule has 0 radical (unpaired) electrons. The minimum Gasteiger partial charge on any atom is -0.450 e. The summed E-state index contributed by atoms with van der Waals surface area (Å²) in [6, 6.07) is 8.51. The summed E-state index contributed by atoms with van der Waals surface area (Å²) in [5.74, 6) is 0.966. The van der Waals surface area contributed by atoms with Crippen LogP contribution in [0, 0.1) is 0 Å². The fraction of sp³-hybridized carbons (Fsp3) is 0.609. The molecule has 0 unspecified atom stereocenters. The number of amides is 2. The van der Waals surface area contributed by atoms with Crippen LogP contribution in [0.4, 0.5) is 4.79 Å². The van der Waals surface area contributed by atoms with Crippen LogP contribution in [0.2, 0.25) is 0 Å². The van der Waals surface area contributed by atoms with Gasteiger partial charge in [0.05, 0.1) is 6.61 Å². The third-order valence-electron chi connectivity index (χ3n) is 5.72. The molecule has 9 heteroatoms. The summed E-state index contributed by atoms with van der Waals surface area (Å²) in [5.41, 5.74) is 2.50. The van der Waals surface area contributed by atoms with Crippen molar-refractivity contribution in [3.05, 3.63) is 35.4 Å². The van der Waals surface area contributed by atoms with E-state index in [0.29, 0.717) is 45.8 Å². The number of fused-ring (bicyclic) bond motifs is 1. The molecule has 8 nitrogen and oxygen atoms in total. The molecule has 0 bridgehead atoms. The third-order valence-corrected chi connectivity index (χ3v) is 5.72. The van der Waals surface area contributed by atoms with Crippen LogP contribution in [0.1, 0.15) is 50.7 Å². The van der Waals surface area contributed by atoms with Crippen molar-refractivity contribution in [1.82, 2.24) is 20.4 Å². The van der Waals surface area contributed by atoms with Gasteiger partial charge in [-0.1, -0.05) is 24.3 Å². The van der Waals surface area contributed by atoms with Crippen LogP contribution in [-0.4, -0.2) is 66.6 Å². The van der Waals surface area contributed by atoms with Crippen molar-refractivity contribution >= 4 is 41.9 Å². The first-order chi connectivity index (χ1) is 15.1. The van der Waals surface area contributed by atoms with E-state index in [0.717, 1.165) is 31.8 Å². The highest BCUT2D eigenvalue weighted by Crippen LogP contribution is 2.22. The quantitative estimate of drug-likeness (QED) is 0.233. The Kier molecular flexibility index (Phi) is 11.1. The summed E-state index contributed by atoms with van der Waals surface area (Å²) >= 11 is 0. The first-order valence-electron chi connectivity index (χ1n) is 11.4. The molecule has 2 aliphatic rings. The van der Waals surface area contributed by atoms with Crippen molar-refractivity contribution in [2.45, 2.75) is 58.7 Å². The number of nitrogens with one attached hydrogen (secondary N) is 2. The molecule has 0 spiro atoms. The molecule has 2 amide bonds. The molecular weight excluding hydrogens is 521 g/mol. The lowest BCUT2D eigenvalue weighted by atomic mass is 10.1. The molecule has 2 N–H and O–H groups in total. The van der Waals surface area contributed by atoms with E-state index in [9.17, 15) is 9.59 Å². The van der Waals surface area contributed by atoms with Crippen LogP contribution in [0.15, 0.2) is 29.3 Å². The average molecular weight is 557 g/mol. The van der Waals surface area contributed by atoms with Gasteiger partial charge in [0.2, 0.25) is 5.91 Å². The Morgan fingerprint density at radius 1 is 1.09 bits per heavy atom. The van der Waals surface area contributed by atoms with Gasteiger partial charge in [-0.15, -0.1) is 24.0 Å². The molecule has 1 fully saturated rings. The number of hydrogen-bond donors (Lipinski definition) is 2. The summed E-state index contributed by atoms with van der Waals surface area (Å²) in [6.45, 7) is 8.44. The van der Waals surface area contributed by atoms with Crippen LogP contribution in [0.5, 0.6) is 0 Å². The highest BCUT2D eigenvalue weighted by molar-refractivity contribution is 14.0. The molecule has 3 rings (SSSR count). The molecule has 0 aliphatic carbocycles. The van der Waals surface area contributed by atoms with E-state index < -0.39 is 0 Å². The molecule has 0 atom stereocenters. The number of piperidine rings is 1. The summed E-state index contributed by atoms with van der Waals surface area (Å²) in [4.78, 5) is 32.7. The number of carbonyl (C=O) groups excluding carboxylic acids is 2. The minimum atomic E-state index is -0.229. The van der Waals surface area contributed by atoms with Gasteiger partial charge in [-0.05, 0) is 44.2 Å². The number of carbonyl (C=O) groups is 2. The molecular formula is C23H36IN5O3. The van der Waals surface area contributed by atoms with Gasteiger partial charge < -0.3 is 25.2 Å². The van der Waals surface area contributed by atoms with Crippen LogP contribution in [-0.2, 0) is 22.6 Å². The van der Waals surface area contributed by atoms with Crippen molar-refractivity contribution in [2.75, 3.05) is 32.8 Å². The summed E-state index contributed by atoms with van der Waals surface area (Å²) in [7, 11) is 0. The lowest BCUT2D eigenvalue weighted by molar-refractivity contribution is -0.131. The van der Waals surface area contributed by atoms with E-state index in [1.54, 1.807) is 4.90 Å². The lowest BCUT2D eigenvalue weighted by Crippen LogP contribution is -2.49. The van der Waals surface area contributed by atoms with Gasteiger partial charge in [0.1, 0.15) is 0 Å². The molecule has 2 aliphatic heterocycles. The van der Waals surface area contributed by atoms with Crippen LogP contribution >= 0.6 is 24.0 Å². The Balaban J connectivity index is 0.00000363. The number of likely N-dealkylation sites (tertiary alicyclic amines) is 1. The highest BCUT2D eigenvalue weighted by atomic mass is 127. The van der Waals surface area contributed by atoms with Gasteiger partial charge in [0.25, 0.3) is 0 Å². The molecule has 178 valence electrons. The predicted octanol–water partition coefficient (Wildman–Crippen LogP) is 3.10. The van der Waals surface area contributed by atoms with Crippen molar-refractivity contribution in [2.24, 2.45) is 4.99 Å². The van der Waals surface area contributed by atoms with Gasteiger partial charge in [-0.25, -0.2) is 4.79 Å². The number of nitrogens with zero attached hydrogens (tertiary/aromatic N) is 3. The smallest absolute Gasteiger partial charge is 0.409 e. The van der Waals surface area contributed by atoms with E-state index in [-0.39, 0.29) is 42.0 Å². The fourth-order valence-corrected chi connectivity index (χ4v) is 4.02. The Morgan fingerprint density at radius 2 is 1.75 bits per heavy atom. The molecule has 0 aromatic heterocycles. The largest absolute Gasteiger partial charge is 0.450 e. The van der Waals surface area contributed by atoms with Crippen molar-refractivity contribution in [3.8, 4) is 0 Å². The number of halogens is 1. The van der Waals surface area contributed by atoms with Crippen LogP contribution in [0.3, 0.4) is 0 Å². The number of rotatable bonds is 7. The lowest BCUT2D eigenvalue weighted by Gasteiger charge is -2.32. The number of guanidine groups is 1. The summed E-state index contributed by atoms with van der Waals surface area (Å²) in [5, 5.41) is 6.75. The van der Waals surface area contributed by atoms with E-state index >= 15 is 0 Å². The van der Waals surface area contributed by atoms with E-state index in [1.165, 1.54) is 11.1 Å². The Hall–Kier alpha value is -2.04. The van der Waals surface area contributed by atoms with Crippen molar-refractivity contribution in [1.29, 1.82) is 0 Å². The van der Waals surface area contributed by atoms with Crippen molar-refractivity contribution < 1.29 is 14.3 Å². The second-order valence-electron chi connectivity index (χ2n) is 7.99. The van der Waals surface area contributed by atoms with Gasteiger partial charge in [-0.2, -0.15) is 0 Å². The standard InChI is InChI=1S/C23H35N5O3.HI/c1-3-24-22(26-20-11-14-27(15-12-20)23(30)31-4-2)25-13-7-10-21(29)28-16-18-8-5-6-9-19(18)17-28;/h5-6,8-9,20H,3-4,7,10-17H2,1-2H3,(H2,24,25,26);1H. The summed E-state index contributed by atoms with van der Waals surface area (Å²) in [6.07, 6.45) is 2.72. The zero-order chi connectivity index (χ0) is 22.1. The van der Waals surface area contributed by atoms with Crippen molar-refractivity contribution in [3.63, 3.8) is 0 Å². The first-order valence-corrected chi connectivity index (χ1v) is 11.4. The zero-order valence-electron chi connectivity index (χ0n) is 19.1. The van der Waals surface area contributed by atoms with E-state index in [4.69, 9.17) is 4.74 Å². The van der Waals surface area contributed by atoms with Crippen LogP contribution in [0.25, 0.3) is 0 Å². The number of benzene rings is 1. The molecule has 2 heterocycles. The second kappa shape index (κ2) is 13.5. The van der Waals surface area contributed by atoms with Gasteiger partial charge in [0, 0.05) is 51.7 Å². The number of hydrogen-bond acceptors (Lipinski definition) is 4. The summed E-state index contributed by atoms with van der Waals surface area (Å²) < 4.78 is 5.08. The fourth-order valence-electron chi connectivity index (χ4n) is 4.02. The molecule has 1 aromatic rings. The maximum absolute atomic E-state index is 12.5. The molecule has 0 saturated carbocycles. The number of ether oxygens (including phenoxy) is 1. The van der Waals surface area contributed by atoms with Gasteiger partial charge >= 0.3 is 6.09 Å². The van der Waals surface area contributed by atoms with E-state index in [2.05, 4.69) is 27.8 Å². The first kappa shape index (κ1) is 26.2. The normalized spacial score (nSPS) is 16.2. The highest BCUT2D eigenvalue weighted by Gasteiger charge is 2.24. The zero-order valence-corrected chi connectivity index (χ0v) is 21.5. The molecule has 32 heavy (non-hydrogen) atoms. The monoisotopic (exact) mass is 557 g/mol. The maximum atomic E-state index is 12.5. The second-order valence-corrected chi connectivity index (χ2v) is 7.99. The van der Waals surface area contributed by atoms with Gasteiger partial charge in [0.15, 0.2) is 5.96 Å². The van der Waals surface area contributed by atoms with Crippen LogP contribution < -0.4 is 10.6 Å². The third kappa shape index (κ3) is 7.53. The Morgan fingerprint density at radius 3 is 2.34 bits per heavy atom. The minimum absolute atomic E-state index is 0. The topological polar surface area (TPSA) is 86.3 Å². The SMILES string of the molecule is CCNC(=NCCCC(=O)N1Cc2ccccc2C1)NC1CCN(C(=O)OCC)CC1.I. The average Bonchev–Trinajstić information content (AvgIpc) is 3.22. The van der Waals surface area contributed by atoms with Gasteiger partial charge in [-0.3, -0.25) is 9.79 Å². The number of aliphatic imine (C=N–C) groups is 1. The predicted molar refractivity (Wildman–Crippen MR) is 136 cm³/mol. The molecule has 1 saturated heterocycles. The van der Waals surface area contributed by atoms with E-state index in [1.807, 2.05) is 30.9 Å². The molecule has 1 aromatic carbocycles.